The van der Waals surface area contributed by atoms with Gasteiger partial charge in [-0.2, -0.15) is 0 Å². The zero-order valence-corrected chi connectivity index (χ0v) is 14.3. The zero-order valence-electron chi connectivity index (χ0n) is 14.3. The minimum atomic E-state index is -0.239. The lowest BCUT2D eigenvalue weighted by Crippen LogP contribution is -2.50. The van der Waals surface area contributed by atoms with E-state index in [1.54, 1.807) is 36.4 Å². The first-order valence-corrected chi connectivity index (χ1v) is 8.38. The molecule has 1 fully saturated rings. The molecule has 0 spiro atoms. The van der Waals surface area contributed by atoms with E-state index < -0.39 is 0 Å². The van der Waals surface area contributed by atoms with Crippen molar-refractivity contribution in [2.24, 2.45) is 0 Å². The Morgan fingerprint density at radius 2 is 2.08 bits per heavy atom. The second-order valence-electron chi connectivity index (χ2n) is 6.33. The minimum Gasteiger partial charge on any atom is -0.481 e. The number of carbonyl (C=O) groups excluding carboxylic acids is 1. The van der Waals surface area contributed by atoms with E-state index in [4.69, 9.17) is 4.74 Å². The van der Waals surface area contributed by atoms with Crippen LogP contribution in [-0.4, -0.2) is 36.1 Å². The molecular formula is C20H18FN3O2. The molecule has 0 bridgehead atoms. The maximum Gasteiger partial charge on any atom is 0.321 e. The summed E-state index contributed by atoms with van der Waals surface area (Å²) in [5, 5.41) is 4.76. The fourth-order valence-electron chi connectivity index (χ4n) is 3.25. The maximum atomic E-state index is 13.4. The molecule has 0 saturated carbocycles. The number of benzene rings is 2. The molecule has 0 unspecified atom stereocenters. The largest absolute Gasteiger partial charge is 0.481 e. The van der Waals surface area contributed by atoms with Crippen molar-refractivity contribution in [1.29, 1.82) is 0 Å². The van der Waals surface area contributed by atoms with Gasteiger partial charge < -0.3 is 15.0 Å². The number of urea groups is 1. The molecule has 1 aliphatic heterocycles. The van der Waals surface area contributed by atoms with Crippen molar-refractivity contribution in [3.63, 3.8) is 0 Å². The highest BCUT2D eigenvalue weighted by atomic mass is 19.1. The van der Waals surface area contributed by atoms with Crippen LogP contribution in [0.2, 0.25) is 0 Å². The normalized spacial score (nSPS) is 14.2. The number of methoxy groups -OCH3 is 1. The van der Waals surface area contributed by atoms with E-state index in [1.165, 1.54) is 6.07 Å². The summed E-state index contributed by atoms with van der Waals surface area (Å²) in [5.74, 6) is 0.515. The van der Waals surface area contributed by atoms with Crippen LogP contribution in [0.15, 0.2) is 54.7 Å². The Morgan fingerprint density at radius 1 is 1.23 bits per heavy atom. The molecule has 5 nitrogen and oxygen atoms in total. The molecule has 6 heteroatoms. The number of ether oxygens (including phenoxy) is 1. The second kappa shape index (κ2) is 6.63. The third-order valence-electron chi connectivity index (χ3n) is 4.68. The topological polar surface area (TPSA) is 54.5 Å². The Kier molecular flexibility index (Phi) is 4.16. The number of carbonyl (C=O) groups is 1. The van der Waals surface area contributed by atoms with Gasteiger partial charge in [0.2, 0.25) is 5.88 Å². The van der Waals surface area contributed by atoms with Gasteiger partial charge in [0.1, 0.15) is 5.82 Å². The molecule has 2 amide bonds. The number of rotatable bonds is 3. The van der Waals surface area contributed by atoms with Crippen LogP contribution in [-0.2, 0) is 0 Å². The lowest BCUT2D eigenvalue weighted by Gasteiger charge is -2.39. The Morgan fingerprint density at radius 3 is 2.81 bits per heavy atom. The molecule has 0 radical (unpaired) electrons. The molecule has 0 atom stereocenters. The highest BCUT2D eigenvalue weighted by Gasteiger charge is 2.32. The lowest BCUT2D eigenvalue weighted by molar-refractivity contribution is 0.164. The van der Waals surface area contributed by atoms with Crippen molar-refractivity contribution in [1.82, 2.24) is 9.88 Å². The van der Waals surface area contributed by atoms with Gasteiger partial charge in [-0.05, 0) is 34.5 Å². The maximum absolute atomic E-state index is 13.4. The molecular weight excluding hydrogens is 333 g/mol. The minimum absolute atomic E-state index is 0.153. The summed E-state index contributed by atoms with van der Waals surface area (Å²) < 4.78 is 18.4. The quantitative estimate of drug-likeness (QED) is 0.776. The SMILES string of the molecule is COc1ccc(NC(=O)N2CC(c3cccc4cc(F)ccc34)C2)cn1. The zero-order chi connectivity index (χ0) is 18.1. The van der Waals surface area contributed by atoms with Crippen LogP contribution in [0, 0.1) is 5.82 Å². The molecule has 1 aliphatic rings. The van der Waals surface area contributed by atoms with E-state index in [0.717, 1.165) is 16.3 Å². The summed E-state index contributed by atoms with van der Waals surface area (Å²) in [5.41, 5.74) is 1.78. The van der Waals surface area contributed by atoms with Gasteiger partial charge in [0.25, 0.3) is 0 Å². The number of anilines is 1. The number of likely N-dealkylation sites (tertiary alicyclic amines) is 1. The molecule has 26 heavy (non-hydrogen) atoms. The number of amides is 2. The number of hydrogen-bond acceptors (Lipinski definition) is 3. The van der Waals surface area contributed by atoms with E-state index >= 15 is 0 Å². The summed E-state index contributed by atoms with van der Waals surface area (Å²) >= 11 is 0. The third-order valence-corrected chi connectivity index (χ3v) is 4.68. The monoisotopic (exact) mass is 351 g/mol. The number of hydrogen-bond donors (Lipinski definition) is 1. The lowest BCUT2D eigenvalue weighted by atomic mass is 9.88. The van der Waals surface area contributed by atoms with E-state index in [2.05, 4.69) is 10.3 Å². The highest BCUT2D eigenvalue weighted by Crippen LogP contribution is 2.33. The Balaban J connectivity index is 1.42. The van der Waals surface area contributed by atoms with Gasteiger partial charge in [0.05, 0.1) is 19.0 Å². The molecule has 2 heterocycles. The van der Waals surface area contributed by atoms with Crippen LogP contribution in [0.25, 0.3) is 10.8 Å². The van der Waals surface area contributed by atoms with Gasteiger partial charge in [-0.25, -0.2) is 14.2 Å². The molecule has 2 aromatic carbocycles. The van der Waals surface area contributed by atoms with Crippen LogP contribution in [0.5, 0.6) is 5.88 Å². The van der Waals surface area contributed by atoms with E-state index in [1.807, 2.05) is 24.3 Å². The average molecular weight is 351 g/mol. The number of halogens is 1. The predicted octanol–water partition coefficient (Wildman–Crippen LogP) is 4.01. The smallest absolute Gasteiger partial charge is 0.321 e. The van der Waals surface area contributed by atoms with Crippen LogP contribution in [0.4, 0.5) is 14.9 Å². The molecule has 3 aromatic rings. The van der Waals surface area contributed by atoms with Gasteiger partial charge in [-0.3, -0.25) is 0 Å². The van der Waals surface area contributed by atoms with Crippen LogP contribution in [0.3, 0.4) is 0 Å². The predicted molar refractivity (Wildman–Crippen MR) is 98.0 cm³/mol. The van der Waals surface area contributed by atoms with Crippen LogP contribution >= 0.6 is 0 Å². The third kappa shape index (κ3) is 3.06. The molecule has 4 rings (SSSR count). The van der Waals surface area contributed by atoms with Crippen molar-refractivity contribution >= 4 is 22.5 Å². The van der Waals surface area contributed by atoms with Crippen molar-refractivity contribution in [3.05, 3.63) is 66.1 Å². The summed E-state index contributed by atoms with van der Waals surface area (Å²) in [6.45, 7) is 1.26. The first-order valence-electron chi connectivity index (χ1n) is 8.38. The number of fused-ring (bicyclic) bond motifs is 1. The number of aromatic nitrogens is 1. The van der Waals surface area contributed by atoms with Gasteiger partial charge in [0, 0.05) is 25.1 Å². The van der Waals surface area contributed by atoms with Crippen LogP contribution in [0.1, 0.15) is 11.5 Å². The van der Waals surface area contributed by atoms with Crippen molar-refractivity contribution in [2.75, 3.05) is 25.5 Å². The van der Waals surface area contributed by atoms with Gasteiger partial charge in [0.15, 0.2) is 0 Å². The number of pyridine rings is 1. The van der Waals surface area contributed by atoms with Crippen molar-refractivity contribution < 1.29 is 13.9 Å². The Bertz CT molecular complexity index is 953. The first-order chi connectivity index (χ1) is 12.6. The van der Waals surface area contributed by atoms with Crippen molar-refractivity contribution in [2.45, 2.75) is 5.92 Å². The summed E-state index contributed by atoms with van der Waals surface area (Å²) in [4.78, 5) is 18.2. The fourth-order valence-corrected chi connectivity index (χ4v) is 3.25. The van der Waals surface area contributed by atoms with Crippen LogP contribution < -0.4 is 10.1 Å². The van der Waals surface area contributed by atoms with Gasteiger partial charge in [-0.15, -0.1) is 0 Å². The Labute approximate surface area is 150 Å². The molecule has 0 aliphatic carbocycles. The molecule has 1 N–H and O–H groups in total. The fraction of sp³-hybridized carbons (Fsp3) is 0.200. The Hall–Kier alpha value is -3.15. The summed E-state index contributed by atoms with van der Waals surface area (Å²) in [6, 6.07) is 14.0. The highest BCUT2D eigenvalue weighted by molar-refractivity contribution is 5.91. The summed E-state index contributed by atoms with van der Waals surface area (Å²) in [7, 11) is 1.54. The molecule has 132 valence electrons. The number of nitrogens with one attached hydrogen (secondary N) is 1. The molecule has 1 aromatic heterocycles. The van der Waals surface area contributed by atoms with Gasteiger partial charge >= 0.3 is 6.03 Å². The molecule has 1 saturated heterocycles. The average Bonchev–Trinajstić information content (AvgIpc) is 2.61. The standard InChI is InChI=1S/C20H18FN3O2/c1-26-19-8-6-16(10-22-19)23-20(25)24-11-14(12-24)17-4-2-3-13-9-15(21)5-7-18(13)17/h2-10,14H,11-12H2,1H3,(H,23,25). The van der Waals surface area contributed by atoms with Gasteiger partial charge in [-0.1, -0.05) is 24.3 Å². The summed E-state index contributed by atoms with van der Waals surface area (Å²) in [6.07, 6.45) is 1.56. The van der Waals surface area contributed by atoms with E-state index in [-0.39, 0.29) is 17.8 Å². The second-order valence-corrected chi connectivity index (χ2v) is 6.33. The first kappa shape index (κ1) is 16.3. The number of nitrogens with zero attached hydrogens (tertiary/aromatic N) is 2. The van der Waals surface area contributed by atoms with E-state index in [9.17, 15) is 9.18 Å². The van der Waals surface area contributed by atoms with Crippen molar-refractivity contribution in [3.8, 4) is 5.88 Å². The van der Waals surface area contributed by atoms with E-state index in [0.29, 0.717) is 24.7 Å².